The number of carbonyl (C=O) groups excluding carboxylic acids is 1. The first kappa shape index (κ1) is 5.56. The third kappa shape index (κ3) is 0.816. The molecule has 1 aliphatic rings. The molecule has 0 aromatic heterocycles. The number of rotatable bonds is 1. The van der Waals surface area contributed by atoms with Crippen molar-refractivity contribution < 1.29 is 9.90 Å². The predicted molar refractivity (Wildman–Crippen MR) is 28.0 cm³/mol. The van der Waals surface area contributed by atoms with Crippen molar-refractivity contribution in [2.75, 3.05) is 6.54 Å². The summed E-state index contributed by atoms with van der Waals surface area (Å²) in [6, 6.07) is 0. The van der Waals surface area contributed by atoms with Crippen LogP contribution in [0.5, 0.6) is 0 Å². The van der Waals surface area contributed by atoms with Gasteiger partial charge in [0.15, 0.2) is 0 Å². The SMILES string of the molecule is O=CN1CCCC1O. The topological polar surface area (TPSA) is 40.5 Å². The van der Waals surface area contributed by atoms with Crippen molar-refractivity contribution in [2.45, 2.75) is 19.1 Å². The van der Waals surface area contributed by atoms with Gasteiger partial charge >= 0.3 is 0 Å². The lowest BCUT2D eigenvalue weighted by molar-refractivity contribution is -0.124. The van der Waals surface area contributed by atoms with Gasteiger partial charge in [-0.3, -0.25) is 4.79 Å². The summed E-state index contributed by atoms with van der Waals surface area (Å²) in [6.45, 7) is 0.713. The Hall–Kier alpha value is -0.570. The fourth-order valence-electron chi connectivity index (χ4n) is 0.894. The zero-order valence-corrected chi connectivity index (χ0v) is 4.58. The Kier molecular flexibility index (Phi) is 1.48. The van der Waals surface area contributed by atoms with E-state index >= 15 is 0 Å². The van der Waals surface area contributed by atoms with Crippen LogP contribution in [0.15, 0.2) is 0 Å². The minimum atomic E-state index is -0.507. The summed E-state index contributed by atoms with van der Waals surface area (Å²) in [6.07, 6.45) is 1.85. The second-order valence-electron chi connectivity index (χ2n) is 1.97. The average molecular weight is 115 g/mol. The van der Waals surface area contributed by atoms with E-state index < -0.39 is 6.23 Å². The van der Waals surface area contributed by atoms with Crippen LogP contribution in [0.2, 0.25) is 0 Å². The van der Waals surface area contributed by atoms with Crippen LogP contribution < -0.4 is 0 Å². The van der Waals surface area contributed by atoms with E-state index in [9.17, 15) is 4.79 Å². The molecule has 1 atom stereocenters. The van der Waals surface area contributed by atoms with Crippen molar-refractivity contribution in [1.29, 1.82) is 0 Å². The van der Waals surface area contributed by atoms with E-state index in [-0.39, 0.29) is 0 Å². The molecule has 0 aromatic carbocycles. The first-order chi connectivity index (χ1) is 3.84. The lowest BCUT2D eigenvalue weighted by atomic mass is 10.4. The highest BCUT2D eigenvalue weighted by atomic mass is 16.3. The monoisotopic (exact) mass is 115 g/mol. The normalized spacial score (nSPS) is 28.6. The molecule has 1 fully saturated rings. The van der Waals surface area contributed by atoms with Crippen molar-refractivity contribution in [3.05, 3.63) is 0 Å². The molecule has 0 spiro atoms. The van der Waals surface area contributed by atoms with Crippen LogP contribution in [0.1, 0.15) is 12.8 Å². The highest BCUT2D eigenvalue weighted by Crippen LogP contribution is 2.10. The Bertz CT molecular complexity index is 94.4. The van der Waals surface area contributed by atoms with Gasteiger partial charge < -0.3 is 10.0 Å². The van der Waals surface area contributed by atoms with Crippen LogP contribution in [0.4, 0.5) is 0 Å². The molecule has 1 heterocycles. The third-order valence-corrected chi connectivity index (χ3v) is 1.40. The van der Waals surface area contributed by atoms with Crippen LogP contribution in [-0.4, -0.2) is 29.2 Å². The summed E-state index contributed by atoms with van der Waals surface area (Å²) >= 11 is 0. The van der Waals surface area contributed by atoms with Gasteiger partial charge in [0, 0.05) is 6.54 Å². The Morgan fingerprint density at radius 3 is 2.75 bits per heavy atom. The highest BCUT2D eigenvalue weighted by Gasteiger charge is 2.18. The number of hydrogen-bond donors (Lipinski definition) is 1. The second-order valence-corrected chi connectivity index (χ2v) is 1.97. The van der Waals surface area contributed by atoms with Gasteiger partial charge in [-0.1, -0.05) is 0 Å². The quantitative estimate of drug-likeness (QED) is 0.470. The minimum absolute atomic E-state index is 0.507. The number of likely N-dealkylation sites (tertiary alicyclic amines) is 1. The standard InChI is InChI=1S/C5H9NO2/c7-4-6-3-1-2-5(6)8/h4-5,8H,1-3H2. The maximum absolute atomic E-state index is 9.98. The van der Waals surface area contributed by atoms with Gasteiger partial charge in [0.25, 0.3) is 0 Å². The molecule has 0 aliphatic carbocycles. The van der Waals surface area contributed by atoms with Crippen LogP contribution in [-0.2, 0) is 4.79 Å². The molecule has 1 aliphatic heterocycles. The molecular formula is C5H9NO2. The van der Waals surface area contributed by atoms with Gasteiger partial charge in [-0.05, 0) is 12.8 Å². The van der Waals surface area contributed by atoms with Gasteiger partial charge in [0.05, 0.1) is 0 Å². The minimum Gasteiger partial charge on any atom is -0.374 e. The molecule has 1 amide bonds. The molecule has 1 saturated heterocycles. The van der Waals surface area contributed by atoms with Crippen LogP contribution in [0.25, 0.3) is 0 Å². The molecule has 1 unspecified atom stereocenters. The molecule has 0 aromatic rings. The number of nitrogens with zero attached hydrogens (tertiary/aromatic N) is 1. The first-order valence-corrected chi connectivity index (χ1v) is 2.73. The molecule has 0 radical (unpaired) electrons. The molecule has 3 nitrogen and oxygen atoms in total. The van der Waals surface area contributed by atoms with E-state index in [1.54, 1.807) is 0 Å². The molecule has 46 valence electrons. The largest absolute Gasteiger partial charge is 0.374 e. The smallest absolute Gasteiger partial charge is 0.211 e. The summed E-state index contributed by atoms with van der Waals surface area (Å²) in [7, 11) is 0. The van der Waals surface area contributed by atoms with Crippen LogP contribution >= 0.6 is 0 Å². The van der Waals surface area contributed by atoms with E-state index in [1.165, 1.54) is 4.90 Å². The summed E-state index contributed by atoms with van der Waals surface area (Å²) in [4.78, 5) is 11.4. The lowest BCUT2D eigenvalue weighted by Gasteiger charge is -2.11. The molecule has 3 heteroatoms. The fraction of sp³-hybridized carbons (Fsp3) is 0.800. The number of hydrogen-bond acceptors (Lipinski definition) is 2. The van der Waals surface area contributed by atoms with E-state index in [0.717, 1.165) is 12.8 Å². The summed E-state index contributed by atoms with van der Waals surface area (Å²) in [5, 5.41) is 8.88. The summed E-state index contributed by atoms with van der Waals surface area (Å²) < 4.78 is 0. The Morgan fingerprint density at radius 1 is 1.75 bits per heavy atom. The number of aliphatic hydroxyl groups excluding tert-OH is 1. The molecule has 0 bridgehead atoms. The molecule has 1 N–H and O–H groups in total. The van der Waals surface area contributed by atoms with Crippen molar-refractivity contribution >= 4 is 6.41 Å². The van der Waals surface area contributed by atoms with Gasteiger partial charge in [0.2, 0.25) is 6.41 Å². The Balaban J connectivity index is 2.41. The molecule has 1 rings (SSSR count). The van der Waals surface area contributed by atoms with Crippen molar-refractivity contribution in [2.24, 2.45) is 0 Å². The Morgan fingerprint density at radius 2 is 2.50 bits per heavy atom. The predicted octanol–water partition coefficient (Wildman–Crippen LogP) is -0.443. The molecular weight excluding hydrogens is 106 g/mol. The fourth-order valence-corrected chi connectivity index (χ4v) is 0.894. The second kappa shape index (κ2) is 2.13. The number of amides is 1. The van der Waals surface area contributed by atoms with Crippen molar-refractivity contribution in [1.82, 2.24) is 4.90 Å². The Labute approximate surface area is 47.9 Å². The molecule has 8 heavy (non-hydrogen) atoms. The maximum atomic E-state index is 9.98. The van der Waals surface area contributed by atoms with Crippen molar-refractivity contribution in [3.8, 4) is 0 Å². The summed E-state index contributed by atoms with van der Waals surface area (Å²) in [5.41, 5.74) is 0. The lowest BCUT2D eigenvalue weighted by Crippen LogP contribution is -2.26. The molecule has 0 saturated carbocycles. The van der Waals surface area contributed by atoms with Crippen LogP contribution in [0, 0.1) is 0 Å². The van der Waals surface area contributed by atoms with E-state index in [0.29, 0.717) is 13.0 Å². The van der Waals surface area contributed by atoms with E-state index in [1.807, 2.05) is 0 Å². The van der Waals surface area contributed by atoms with E-state index in [4.69, 9.17) is 5.11 Å². The number of carbonyl (C=O) groups is 1. The highest BCUT2D eigenvalue weighted by molar-refractivity contribution is 5.47. The zero-order valence-electron chi connectivity index (χ0n) is 4.58. The third-order valence-electron chi connectivity index (χ3n) is 1.40. The van der Waals surface area contributed by atoms with Gasteiger partial charge in [-0.25, -0.2) is 0 Å². The van der Waals surface area contributed by atoms with Crippen molar-refractivity contribution in [3.63, 3.8) is 0 Å². The maximum Gasteiger partial charge on any atom is 0.211 e. The first-order valence-electron chi connectivity index (χ1n) is 2.73. The van der Waals surface area contributed by atoms with Gasteiger partial charge in [-0.15, -0.1) is 0 Å². The van der Waals surface area contributed by atoms with Crippen LogP contribution in [0.3, 0.4) is 0 Å². The zero-order chi connectivity index (χ0) is 5.98. The van der Waals surface area contributed by atoms with E-state index in [2.05, 4.69) is 0 Å². The number of aliphatic hydroxyl groups is 1. The summed E-state index contributed by atoms with van der Waals surface area (Å²) in [5.74, 6) is 0. The van der Waals surface area contributed by atoms with Gasteiger partial charge in [-0.2, -0.15) is 0 Å². The van der Waals surface area contributed by atoms with Gasteiger partial charge in [0.1, 0.15) is 6.23 Å². The average Bonchev–Trinajstić information content (AvgIpc) is 2.14.